The summed E-state index contributed by atoms with van der Waals surface area (Å²) in [7, 11) is 2.99. The van der Waals surface area contributed by atoms with Gasteiger partial charge in [-0.1, -0.05) is 30.3 Å². The Morgan fingerprint density at radius 1 is 0.810 bits per heavy atom. The van der Waals surface area contributed by atoms with Crippen LogP contribution in [0.5, 0.6) is 23.0 Å². The summed E-state index contributed by atoms with van der Waals surface area (Å²) in [5.41, 5.74) is 1.95. The lowest BCUT2D eigenvalue weighted by Gasteiger charge is -2.34. The minimum Gasteiger partial charge on any atom is -0.496 e. The first-order chi connectivity index (χ1) is 27.9. The average molecular weight is 799 g/mol. The minimum absolute atomic E-state index is 0.0490. The maximum absolute atomic E-state index is 13.9. The van der Waals surface area contributed by atoms with E-state index < -0.39 is 29.8 Å². The van der Waals surface area contributed by atoms with Crippen molar-refractivity contribution in [1.82, 2.24) is 31.1 Å². The topological polar surface area (TPSA) is 185 Å². The summed E-state index contributed by atoms with van der Waals surface area (Å²) < 4.78 is 17.2. The summed E-state index contributed by atoms with van der Waals surface area (Å²) in [5.74, 6) is -0.931. The van der Waals surface area contributed by atoms with Gasteiger partial charge in [0.05, 0.1) is 20.8 Å². The van der Waals surface area contributed by atoms with Crippen molar-refractivity contribution in [2.24, 2.45) is 5.92 Å². The Morgan fingerprint density at radius 3 is 2.26 bits per heavy atom. The zero-order valence-corrected chi connectivity index (χ0v) is 33.6. The third kappa shape index (κ3) is 11.9. The Balaban J connectivity index is 1.39. The van der Waals surface area contributed by atoms with Crippen molar-refractivity contribution in [3.63, 3.8) is 0 Å². The van der Waals surface area contributed by atoms with Crippen LogP contribution in [0.3, 0.4) is 0 Å². The van der Waals surface area contributed by atoms with E-state index in [0.29, 0.717) is 85.9 Å². The van der Waals surface area contributed by atoms with Gasteiger partial charge in [0.15, 0.2) is 11.5 Å². The number of aryl methyl sites for hydroxylation is 1. The van der Waals surface area contributed by atoms with E-state index >= 15 is 0 Å². The molecule has 0 aliphatic carbocycles. The fourth-order valence-corrected chi connectivity index (χ4v) is 7.01. The molecule has 15 heteroatoms. The number of methoxy groups -OCH3 is 2. The SMILES string of the molecule is COc1cc2ccc1CNC(=O)[C@H](C)NC(=O)[C@H](CCc1ccccc1)NC(=O)CN(C(=O)C1CCN(C(C)=O)CC1)CCCCNC(=O)c1ccc(OC)c(c1)O2. The number of ether oxygens (including phenoxy) is 3. The van der Waals surface area contributed by atoms with E-state index in [9.17, 15) is 28.8 Å². The van der Waals surface area contributed by atoms with Gasteiger partial charge in [-0.2, -0.15) is 0 Å². The molecule has 0 unspecified atom stereocenters. The molecule has 3 aliphatic rings. The molecule has 3 aliphatic heterocycles. The van der Waals surface area contributed by atoms with Crippen molar-refractivity contribution >= 4 is 35.4 Å². The van der Waals surface area contributed by atoms with E-state index in [1.165, 1.54) is 26.0 Å². The van der Waals surface area contributed by atoms with Crippen molar-refractivity contribution < 1.29 is 43.0 Å². The zero-order valence-electron chi connectivity index (χ0n) is 33.6. The predicted molar refractivity (Wildman–Crippen MR) is 215 cm³/mol. The highest BCUT2D eigenvalue weighted by atomic mass is 16.5. The summed E-state index contributed by atoms with van der Waals surface area (Å²) in [6.45, 7) is 4.27. The van der Waals surface area contributed by atoms with Gasteiger partial charge in [-0.25, -0.2) is 0 Å². The number of carbonyl (C=O) groups excluding carboxylic acids is 6. The summed E-state index contributed by atoms with van der Waals surface area (Å²) in [4.78, 5) is 83.1. The molecule has 2 atom stereocenters. The molecule has 6 amide bonds. The second-order valence-electron chi connectivity index (χ2n) is 14.5. The van der Waals surface area contributed by atoms with Crippen LogP contribution in [0.4, 0.5) is 0 Å². The first-order valence-corrected chi connectivity index (χ1v) is 19.7. The molecule has 6 rings (SSSR count). The van der Waals surface area contributed by atoms with E-state index in [-0.39, 0.29) is 49.7 Å². The van der Waals surface area contributed by atoms with Crippen molar-refractivity contribution in [2.45, 2.75) is 71.0 Å². The molecule has 4 bridgehead atoms. The number of fused-ring (bicyclic) bond motifs is 18. The summed E-state index contributed by atoms with van der Waals surface area (Å²) in [6.07, 6.45) is 2.64. The number of nitrogens with zero attached hydrogens (tertiary/aromatic N) is 2. The molecule has 0 radical (unpaired) electrons. The van der Waals surface area contributed by atoms with Crippen molar-refractivity contribution in [3.05, 3.63) is 83.4 Å². The van der Waals surface area contributed by atoms with Crippen LogP contribution in [0.15, 0.2) is 66.7 Å². The normalized spacial score (nSPS) is 19.3. The van der Waals surface area contributed by atoms with Crippen molar-refractivity contribution in [2.75, 3.05) is 46.9 Å². The lowest BCUT2D eigenvalue weighted by molar-refractivity contribution is -0.143. The van der Waals surface area contributed by atoms with E-state index in [0.717, 1.165) is 5.56 Å². The third-order valence-corrected chi connectivity index (χ3v) is 10.4. The smallest absolute Gasteiger partial charge is 0.251 e. The van der Waals surface area contributed by atoms with E-state index in [1.54, 1.807) is 48.2 Å². The molecule has 1 saturated heterocycles. The minimum atomic E-state index is -1.01. The van der Waals surface area contributed by atoms with Crippen LogP contribution >= 0.6 is 0 Å². The molecule has 15 nitrogen and oxygen atoms in total. The number of hydrogen-bond acceptors (Lipinski definition) is 9. The quantitative estimate of drug-likeness (QED) is 0.272. The fraction of sp³-hybridized carbons (Fsp3) is 0.442. The summed E-state index contributed by atoms with van der Waals surface area (Å²) in [5, 5.41) is 11.4. The highest BCUT2D eigenvalue weighted by molar-refractivity contribution is 5.95. The number of hydrogen-bond donors (Lipinski definition) is 4. The van der Waals surface area contributed by atoms with E-state index in [4.69, 9.17) is 14.2 Å². The Kier molecular flexibility index (Phi) is 15.5. The van der Waals surface area contributed by atoms with Gasteiger partial charge in [0, 0.05) is 62.8 Å². The standard InChI is InChI=1S/C43H54N6O9/c1-28-40(52)45-26-33-13-15-34(25-37(33)57-4)58-38-24-32(14-17-36(38)56-3)41(53)44-20-8-9-21-49(43(55)31-18-22-48(23-19-31)29(2)50)27-39(51)47-35(42(54)46-28)16-12-30-10-6-5-7-11-30/h5-7,10-11,13-15,17,24-25,28,31,35H,8-9,12,16,18-23,26-27H2,1-4H3,(H,44,53)(H,45,52)(H,46,54)(H,47,51)/t28-,35-/m0/s1. The number of likely N-dealkylation sites (tertiary alicyclic amines) is 1. The van der Waals surface area contributed by atoms with Crippen molar-refractivity contribution in [1.29, 1.82) is 0 Å². The average Bonchev–Trinajstić information content (AvgIpc) is 3.23. The van der Waals surface area contributed by atoms with Gasteiger partial charge < -0.3 is 45.3 Å². The number of amides is 6. The Labute approximate surface area is 339 Å². The number of carbonyl (C=O) groups is 6. The molecule has 58 heavy (non-hydrogen) atoms. The number of benzene rings is 3. The van der Waals surface area contributed by atoms with E-state index in [2.05, 4.69) is 21.3 Å². The summed E-state index contributed by atoms with van der Waals surface area (Å²) >= 11 is 0. The molecular weight excluding hydrogens is 745 g/mol. The molecule has 1 fully saturated rings. The third-order valence-electron chi connectivity index (χ3n) is 10.4. The van der Waals surface area contributed by atoms with Crippen LogP contribution in [0, 0.1) is 5.92 Å². The summed E-state index contributed by atoms with van der Waals surface area (Å²) in [6, 6.07) is 17.5. The van der Waals surface area contributed by atoms with Gasteiger partial charge in [0.2, 0.25) is 29.5 Å². The van der Waals surface area contributed by atoms with E-state index in [1.807, 2.05) is 30.3 Å². The highest BCUT2D eigenvalue weighted by Crippen LogP contribution is 2.35. The van der Waals surface area contributed by atoms with Crippen LogP contribution in [0.1, 0.15) is 67.4 Å². The molecule has 3 heterocycles. The van der Waals surface area contributed by atoms with Gasteiger partial charge in [-0.05, 0) is 81.3 Å². The van der Waals surface area contributed by atoms with Crippen LogP contribution in [-0.4, -0.2) is 104 Å². The lowest BCUT2D eigenvalue weighted by atomic mass is 9.95. The fourth-order valence-electron chi connectivity index (χ4n) is 7.01. The first kappa shape index (κ1) is 43.0. The van der Waals surface area contributed by atoms with Crippen LogP contribution in [0.25, 0.3) is 0 Å². The highest BCUT2D eigenvalue weighted by Gasteiger charge is 2.31. The van der Waals surface area contributed by atoms with Crippen LogP contribution < -0.4 is 35.5 Å². The Hall–Kier alpha value is -6.12. The zero-order chi connectivity index (χ0) is 41.6. The van der Waals surface area contributed by atoms with Gasteiger partial charge in [-0.3, -0.25) is 28.8 Å². The molecule has 0 aromatic heterocycles. The number of piperidine rings is 1. The molecular formula is C43H54N6O9. The predicted octanol–water partition coefficient (Wildman–Crippen LogP) is 3.35. The van der Waals surface area contributed by atoms with Gasteiger partial charge >= 0.3 is 0 Å². The van der Waals surface area contributed by atoms with Crippen molar-refractivity contribution in [3.8, 4) is 23.0 Å². The number of nitrogens with one attached hydrogen (secondary N) is 4. The second-order valence-corrected chi connectivity index (χ2v) is 14.5. The van der Waals surface area contributed by atoms with Gasteiger partial charge in [0.25, 0.3) is 5.91 Å². The molecule has 0 spiro atoms. The largest absolute Gasteiger partial charge is 0.496 e. The molecule has 310 valence electrons. The Morgan fingerprint density at radius 2 is 1.55 bits per heavy atom. The van der Waals surface area contributed by atoms with Gasteiger partial charge in [0.1, 0.15) is 23.6 Å². The van der Waals surface area contributed by atoms with Crippen LogP contribution in [0.2, 0.25) is 0 Å². The molecule has 3 aromatic rings. The maximum Gasteiger partial charge on any atom is 0.251 e. The first-order valence-electron chi connectivity index (χ1n) is 19.7. The molecule has 3 aromatic carbocycles. The molecule has 4 N–H and O–H groups in total. The maximum atomic E-state index is 13.9. The lowest BCUT2D eigenvalue weighted by Crippen LogP contribution is -2.54. The van der Waals surface area contributed by atoms with Gasteiger partial charge in [-0.15, -0.1) is 0 Å². The second kappa shape index (κ2) is 20.9. The molecule has 0 saturated carbocycles. The monoisotopic (exact) mass is 798 g/mol. The van der Waals surface area contributed by atoms with Crippen LogP contribution in [-0.2, 0) is 36.9 Å². The Bertz CT molecular complexity index is 1930. The number of rotatable bonds is 6.